The number of piperazine rings is 1. The number of nitrogens with zero attached hydrogens (tertiary/aromatic N) is 2. The first-order valence-electron chi connectivity index (χ1n) is 10.4. The Labute approximate surface area is 180 Å². The van der Waals surface area contributed by atoms with E-state index in [1.165, 1.54) is 42.3 Å². The van der Waals surface area contributed by atoms with Gasteiger partial charge in [-0.2, -0.15) is 0 Å². The maximum Gasteiger partial charge on any atom is 0.254 e. The van der Waals surface area contributed by atoms with Crippen molar-refractivity contribution in [1.29, 1.82) is 0 Å². The third-order valence-corrected chi connectivity index (χ3v) is 7.53. The van der Waals surface area contributed by atoms with E-state index < -0.39 is 10.0 Å². The van der Waals surface area contributed by atoms with Crippen LogP contribution < -0.4 is 4.90 Å². The molecule has 2 aromatic carbocycles. The van der Waals surface area contributed by atoms with E-state index in [2.05, 4.69) is 38.1 Å². The highest BCUT2D eigenvalue weighted by molar-refractivity contribution is 7.89. The predicted molar refractivity (Wildman–Crippen MR) is 118 cm³/mol. The van der Waals surface area contributed by atoms with Crippen molar-refractivity contribution in [3.05, 3.63) is 65.2 Å². The molecule has 0 saturated carbocycles. The Morgan fingerprint density at radius 3 is 2.27 bits per heavy atom. The van der Waals surface area contributed by atoms with Crippen LogP contribution in [0, 0.1) is 0 Å². The molecule has 3 rings (SSSR count). The van der Waals surface area contributed by atoms with Crippen molar-refractivity contribution >= 4 is 15.9 Å². The Hall–Kier alpha value is -2.22. The fourth-order valence-electron chi connectivity index (χ4n) is 3.69. The minimum absolute atomic E-state index is 0.105. The van der Waals surface area contributed by atoms with Crippen LogP contribution in [0.4, 0.5) is 0 Å². The summed E-state index contributed by atoms with van der Waals surface area (Å²) in [4.78, 5) is 16.4. The molecule has 0 radical (unpaired) electrons. The third-order valence-electron chi connectivity index (χ3n) is 5.72. The zero-order valence-corrected chi connectivity index (χ0v) is 19.1. The predicted octanol–water partition coefficient (Wildman–Crippen LogP) is 1.60. The maximum absolute atomic E-state index is 12.9. The van der Waals surface area contributed by atoms with Crippen molar-refractivity contribution in [2.75, 3.05) is 40.3 Å². The summed E-state index contributed by atoms with van der Waals surface area (Å²) >= 11 is 0. The van der Waals surface area contributed by atoms with Gasteiger partial charge in [0.05, 0.1) is 31.1 Å². The van der Waals surface area contributed by atoms with E-state index in [9.17, 15) is 13.2 Å². The molecule has 1 heterocycles. The van der Waals surface area contributed by atoms with E-state index in [0.717, 1.165) is 23.9 Å². The number of benzene rings is 2. The van der Waals surface area contributed by atoms with E-state index >= 15 is 0 Å². The largest absolute Gasteiger partial charge is 0.328 e. The number of amides is 1. The average Bonchev–Trinajstić information content (AvgIpc) is 2.74. The second kappa shape index (κ2) is 9.29. The number of hydrogen-bond donors (Lipinski definition) is 1. The Kier molecular flexibility index (Phi) is 6.95. The molecule has 2 aromatic rings. The summed E-state index contributed by atoms with van der Waals surface area (Å²) in [5.41, 5.74) is 3.09. The average molecular weight is 431 g/mol. The van der Waals surface area contributed by atoms with Gasteiger partial charge < -0.3 is 9.80 Å². The lowest BCUT2D eigenvalue weighted by atomic mass is 10.0. The van der Waals surface area contributed by atoms with Crippen LogP contribution in [-0.2, 0) is 16.6 Å². The van der Waals surface area contributed by atoms with E-state index in [1.807, 2.05) is 4.90 Å². The minimum Gasteiger partial charge on any atom is -0.328 e. The quantitative estimate of drug-likeness (QED) is 0.757. The Morgan fingerprint density at radius 1 is 1.07 bits per heavy atom. The highest BCUT2D eigenvalue weighted by Gasteiger charge is 2.26. The zero-order chi connectivity index (χ0) is 21.9. The number of carbonyl (C=O) groups is 1. The molecular formula is C23H32N3O3S+. The molecule has 0 unspecified atom stereocenters. The molecule has 6 nitrogen and oxygen atoms in total. The highest BCUT2D eigenvalue weighted by Crippen LogP contribution is 2.17. The van der Waals surface area contributed by atoms with Gasteiger partial charge in [-0.3, -0.25) is 4.79 Å². The molecule has 0 aliphatic carbocycles. The molecule has 1 aliphatic rings. The standard InChI is InChI=1S/C23H31N3O3S/c1-18(2)20-10-8-19(9-11-20)17-25-12-14-26(15-13-25)23(27)21-6-5-7-22(16-21)30(28,29)24(3)4/h5-11,16,18H,12-15,17H2,1-4H3/p+1. The molecule has 7 heteroatoms. The zero-order valence-electron chi connectivity index (χ0n) is 18.3. The molecule has 1 fully saturated rings. The summed E-state index contributed by atoms with van der Waals surface area (Å²) in [7, 11) is -0.581. The Morgan fingerprint density at radius 2 is 1.70 bits per heavy atom. The molecule has 30 heavy (non-hydrogen) atoms. The van der Waals surface area contributed by atoms with Crippen LogP contribution in [0.2, 0.25) is 0 Å². The molecule has 0 spiro atoms. The van der Waals surface area contributed by atoms with Gasteiger partial charge in [0.15, 0.2) is 0 Å². The third kappa shape index (κ3) is 5.09. The summed E-state index contributed by atoms with van der Waals surface area (Å²) in [6.45, 7) is 8.45. The van der Waals surface area contributed by atoms with Crippen LogP contribution in [0.25, 0.3) is 0 Å². The number of nitrogens with one attached hydrogen (secondary N) is 1. The molecule has 162 valence electrons. The van der Waals surface area contributed by atoms with Gasteiger partial charge in [0.2, 0.25) is 10.0 Å². The van der Waals surface area contributed by atoms with Gasteiger partial charge in [-0.15, -0.1) is 0 Å². The van der Waals surface area contributed by atoms with E-state index in [-0.39, 0.29) is 10.8 Å². The van der Waals surface area contributed by atoms with Crippen molar-refractivity contribution in [2.24, 2.45) is 0 Å². The van der Waals surface area contributed by atoms with Gasteiger partial charge in [-0.1, -0.05) is 44.2 Å². The first-order chi connectivity index (χ1) is 14.2. The second-order valence-corrected chi connectivity index (χ2v) is 10.6. The van der Waals surface area contributed by atoms with E-state index in [4.69, 9.17) is 0 Å². The van der Waals surface area contributed by atoms with Crippen LogP contribution >= 0.6 is 0 Å². The van der Waals surface area contributed by atoms with Gasteiger partial charge in [0.1, 0.15) is 6.54 Å². The molecule has 0 atom stereocenters. The van der Waals surface area contributed by atoms with Gasteiger partial charge in [0, 0.05) is 25.2 Å². The summed E-state index contributed by atoms with van der Waals surface area (Å²) in [6.07, 6.45) is 0. The summed E-state index contributed by atoms with van der Waals surface area (Å²) in [5.74, 6) is 0.429. The van der Waals surface area contributed by atoms with Gasteiger partial charge in [-0.05, 0) is 29.7 Å². The normalized spacial score (nSPS) is 15.7. The second-order valence-electron chi connectivity index (χ2n) is 8.43. The fourth-order valence-corrected chi connectivity index (χ4v) is 4.64. The monoisotopic (exact) mass is 430 g/mol. The van der Waals surface area contributed by atoms with Crippen molar-refractivity contribution in [1.82, 2.24) is 9.21 Å². The Bertz CT molecular complexity index is 977. The summed E-state index contributed by atoms with van der Waals surface area (Å²) in [5, 5.41) is 0. The van der Waals surface area contributed by atoms with Gasteiger partial charge in [0.25, 0.3) is 5.91 Å². The van der Waals surface area contributed by atoms with E-state index in [0.29, 0.717) is 24.6 Å². The van der Waals surface area contributed by atoms with Crippen LogP contribution in [0.5, 0.6) is 0 Å². The van der Waals surface area contributed by atoms with Crippen LogP contribution in [0.1, 0.15) is 41.3 Å². The molecule has 1 N–H and O–H groups in total. The molecule has 0 bridgehead atoms. The molecule has 1 aliphatic heterocycles. The summed E-state index contributed by atoms with van der Waals surface area (Å²) < 4.78 is 25.9. The Balaban J connectivity index is 1.60. The SMILES string of the molecule is CC(C)c1ccc(C[NH+]2CCN(C(=O)c3cccc(S(=O)(=O)N(C)C)c3)CC2)cc1. The van der Waals surface area contributed by atoms with E-state index in [1.54, 1.807) is 12.1 Å². The van der Waals surface area contributed by atoms with Crippen LogP contribution in [-0.4, -0.2) is 63.8 Å². The fraction of sp³-hybridized carbons (Fsp3) is 0.435. The lowest BCUT2D eigenvalue weighted by molar-refractivity contribution is -0.917. The highest BCUT2D eigenvalue weighted by atomic mass is 32.2. The molecule has 1 amide bonds. The first-order valence-corrected chi connectivity index (χ1v) is 11.9. The van der Waals surface area contributed by atoms with Gasteiger partial charge in [-0.25, -0.2) is 12.7 Å². The lowest BCUT2D eigenvalue weighted by Crippen LogP contribution is -3.13. The van der Waals surface area contributed by atoms with Crippen LogP contribution in [0.15, 0.2) is 53.4 Å². The lowest BCUT2D eigenvalue weighted by Gasteiger charge is -2.32. The van der Waals surface area contributed by atoms with Crippen molar-refractivity contribution < 1.29 is 18.1 Å². The smallest absolute Gasteiger partial charge is 0.254 e. The number of carbonyl (C=O) groups excluding carboxylic acids is 1. The molecular weight excluding hydrogens is 398 g/mol. The first kappa shape index (κ1) is 22.5. The van der Waals surface area contributed by atoms with Gasteiger partial charge >= 0.3 is 0 Å². The minimum atomic E-state index is -3.56. The van der Waals surface area contributed by atoms with Crippen LogP contribution in [0.3, 0.4) is 0 Å². The number of rotatable bonds is 6. The maximum atomic E-state index is 12.9. The van der Waals surface area contributed by atoms with Crippen molar-refractivity contribution in [3.8, 4) is 0 Å². The van der Waals surface area contributed by atoms with Crippen molar-refractivity contribution in [2.45, 2.75) is 31.2 Å². The number of quaternary nitrogens is 1. The van der Waals surface area contributed by atoms with Crippen molar-refractivity contribution in [3.63, 3.8) is 0 Å². The number of sulfonamides is 1. The molecule has 0 aromatic heterocycles. The molecule has 1 saturated heterocycles. The summed E-state index contributed by atoms with van der Waals surface area (Å²) in [6, 6.07) is 15.1. The number of hydrogen-bond acceptors (Lipinski definition) is 3. The topological polar surface area (TPSA) is 62.1 Å².